The van der Waals surface area contributed by atoms with E-state index in [2.05, 4.69) is 15.3 Å². The van der Waals surface area contributed by atoms with Crippen LogP contribution in [0, 0.1) is 28.8 Å². The molecular formula is C19H20F3N3O2. The number of benzene rings is 1. The molecule has 2 aromatic rings. The van der Waals surface area contributed by atoms with Crippen molar-refractivity contribution in [2.75, 3.05) is 13.7 Å². The van der Waals surface area contributed by atoms with Crippen molar-refractivity contribution < 1.29 is 22.7 Å². The van der Waals surface area contributed by atoms with Gasteiger partial charge in [0.1, 0.15) is 11.6 Å². The zero-order valence-corrected chi connectivity index (χ0v) is 15.1. The largest absolute Gasteiger partial charge is 0.479 e. The Bertz CT molecular complexity index is 858. The number of aromatic nitrogens is 2. The Morgan fingerprint density at radius 1 is 1.30 bits per heavy atom. The fraction of sp³-hybridized carbons (Fsp3) is 0.421. The van der Waals surface area contributed by atoms with Gasteiger partial charge in [0.05, 0.1) is 13.3 Å². The lowest BCUT2D eigenvalue weighted by Crippen LogP contribution is -2.39. The van der Waals surface area contributed by atoms with Gasteiger partial charge in [-0.1, -0.05) is 13.0 Å². The summed E-state index contributed by atoms with van der Waals surface area (Å²) in [5.74, 6) is -2.75. The van der Waals surface area contributed by atoms with Crippen LogP contribution in [0.1, 0.15) is 35.9 Å². The molecule has 0 aliphatic heterocycles. The molecule has 1 aromatic carbocycles. The van der Waals surface area contributed by atoms with Crippen LogP contribution in [-0.2, 0) is 6.42 Å². The highest BCUT2D eigenvalue weighted by Gasteiger charge is 2.42. The molecule has 1 aliphatic rings. The lowest BCUT2D eigenvalue weighted by molar-refractivity contribution is 0.0914. The van der Waals surface area contributed by atoms with Crippen molar-refractivity contribution in [2.24, 2.45) is 11.3 Å². The predicted molar refractivity (Wildman–Crippen MR) is 91.8 cm³/mol. The van der Waals surface area contributed by atoms with Crippen molar-refractivity contribution in [3.05, 3.63) is 53.2 Å². The number of ether oxygens (including phenoxy) is 1. The number of hydrogen-bond donors (Lipinski definition) is 1. The Balaban J connectivity index is 1.72. The summed E-state index contributed by atoms with van der Waals surface area (Å²) in [6.07, 6.45) is 3.19. The fourth-order valence-electron chi connectivity index (χ4n) is 3.20. The molecule has 0 saturated heterocycles. The van der Waals surface area contributed by atoms with Crippen molar-refractivity contribution in [1.29, 1.82) is 0 Å². The average molecular weight is 379 g/mol. The predicted octanol–water partition coefficient (Wildman–Crippen LogP) is 3.29. The average Bonchev–Trinajstić information content (AvgIpc) is 3.48. The number of hydrogen-bond acceptors (Lipinski definition) is 4. The van der Waals surface area contributed by atoms with Gasteiger partial charge in [-0.25, -0.2) is 13.8 Å². The minimum atomic E-state index is -0.761. The Morgan fingerprint density at radius 2 is 2.04 bits per heavy atom. The summed E-state index contributed by atoms with van der Waals surface area (Å²) < 4.78 is 45.3. The molecule has 1 atom stereocenters. The number of amides is 1. The van der Waals surface area contributed by atoms with E-state index < -0.39 is 28.8 Å². The molecule has 1 aliphatic carbocycles. The first kappa shape index (κ1) is 19.1. The van der Waals surface area contributed by atoms with Crippen LogP contribution in [0.5, 0.6) is 5.88 Å². The summed E-state index contributed by atoms with van der Waals surface area (Å²) >= 11 is 0. The zero-order valence-electron chi connectivity index (χ0n) is 15.1. The standard InChI is InChI=1S/C19H20F3N3O2/c1-19(12-4-5-12,8-11-3-6-13(20)7-14(11)21)10-24-17(26)16-23-9-15(22)18(25-16)27-2/h3,6-7,9,12H,4-5,8,10H2,1-2H3,(H,24,26). The van der Waals surface area contributed by atoms with Gasteiger partial charge in [0, 0.05) is 12.6 Å². The van der Waals surface area contributed by atoms with Crippen LogP contribution < -0.4 is 10.1 Å². The van der Waals surface area contributed by atoms with Crippen LogP contribution in [0.3, 0.4) is 0 Å². The molecule has 1 amide bonds. The van der Waals surface area contributed by atoms with E-state index in [0.29, 0.717) is 17.9 Å². The van der Waals surface area contributed by atoms with Gasteiger partial charge >= 0.3 is 0 Å². The quantitative estimate of drug-likeness (QED) is 0.802. The van der Waals surface area contributed by atoms with E-state index in [4.69, 9.17) is 4.74 Å². The van der Waals surface area contributed by atoms with Gasteiger partial charge in [-0.05, 0) is 42.2 Å². The number of methoxy groups -OCH3 is 1. The summed E-state index contributed by atoms with van der Waals surface area (Å²) in [5, 5.41) is 2.74. The van der Waals surface area contributed by atoms with Gasteiger partial charge in [-0.3, -0.25) is 4.79 Å². The van der Waals surface area contributed by atoms with Crippen LogP contribution in [0.15, 0.2) is 24.4 Å². The summed E-state index contributed by atoms with van der Waals surface area (Å²) in [4.78, 5) is 19.8. The lowest BCUT2D eigenvalue weighted by Gasteiger charge is -2.30. The number of nitrogens with zero attached hydrogens (tertiary/aromatic N) is 2. The Hall–Kier alpha value is -2.64. The summed E-state index contributed by atoms with van der Waals surface area (Å²) in [7, 11) is 1.24. The van der Waals surface area contributed by atoms with Crippen molar-refractivity contribution in [1.82, 2.24) is 15.3 Å². The third-order valence-electron chi connectivity index (χ3n) is 4.93. The van der Waals surface area contributed by atoms with E-state index in [-0.39, 0.29) is 18.2 Å². The number of carbonyl (C=O) groups excluding carboxylic acids is 1. The van der Waals surface area contributed by atoms with Crippen LogP contribution in [-0.4, -0.2) is 29.5 Å². The highest BCUT2D eigenvalue weighted by molar-refractivity contribution is 5.90. The first-order valence-electron chi connectivity index (χ1n) is 8.61. The second kappa shape index (κ2) is 7.54. The monoisotopic (exact) mass is 379 g/mol. The molecule has 3 rings (SSSR count). The maximum atomic E-state index is 14.1. The van der Waals surface area contributed by atoms with Crippen LogP contribution in [0.2, 0.25) is 0 Å². The first-order valence-corrected chi connectivity index (χ1v) is 8.61. The van der Waals surface area contributed by atoms with E-state index >= 15 is 0 Å². The van der Waals surface area contributed by atoms with Crippen molar-refractivity contribution in [3.63, 3.8) is 0 Å². The SMILES string of the molecule is COc1nc(C(=O)NCC(C)(Cc2ccc(F)cc2F)C2CC2)ncc1F. The molecular weight excluding hydrogens is 359 g/mol. The molecule has 0 radical (unpaired) electrons. The number of carbonyl (C=O) groups is 1. The number of nitrogens with one attached hydrogen (secondary N) is 1. The van der Waals surface area contributed by atoms with Gasteiger partial charge in [-0.15, -0.1) is 0 Å². The fourth-order valence-corrected chi connectivity index (χ4v) is 3.20. The lowest BCUT2D eigenvalue weighted by atomic mass is 9.78. The molecule has 8 heteroatoms. The maximum Gasteiger partial charge on any atom is 0.289 e. The third kappa shape index (κ3) is 4.37. The summed E-state index contributed by atoms with van der Waals surface area (Å²) in [6, 6.07) is 3.52. The third-order valence-corrected chi connectivity index (χ3v) is 4.93. The van der Waals surface area contributed by atoms with Crippen LogP contribution >= 0.6 is 0 Å². The summed E-state index contributed by atoms with van der Waals surface area (Å²) in [5.41, 5.74) is -0.00177. The highest BCUT2D eigenvalue weighted by atomic mass is 19.1. The molecule has 1 unspecified atom stereocenters. The van der Waals surface area contributed by atoms with E-state index in [9.17, 15) is 18.0 Å². The minimum absolute atomic E-state index is 0.209. The molecule has 144 valence electrons. The maximum absolute atomic E-state index is 14.1. The normalized spacial score (nSPS) is 15.9. The van der Waals surface area contributed by atoms with Gasteiger partial charge in [0.15, 0.2) is 0 Å². The molecule has 5 nitrogen and oxygen atoms in total. The van der Waals surface area contributed by atoms with E-state index in [1.807, 2.05) is 6.92 Å². The van der Waals surface area contributed by atoms with Crippen molar-refractivity contribution >= 4 is 5.91 Å². The van der Waals surface area contributed by atoms with Crippen molar-refractivity contribution in [2.45, 2.75) is 26.2 Å². The smallest absolute Gasteiger partial charge is 0.289 e. The van der Waals surface area contributed by atoms with Crippen LogP contribution in [0.25, 0.3) is 0 Å². The number of rotatable bonds is 7. The van der Waals surface area contributed by atoms with E-state index in [0.717, 1.165) is 25.1 Å². The molecule has 1 N–H and O–H groups in total. The molecule has 0 bridgehead atoms. The van der Waals surface area contributed by atoms with Gasteiger partial charge in [0.2, 0.25) is 11.6 Å². The van der Waals surface area contributed by atoms with E-state index in [1.165, 1.54) is 19.2 Å². The minimum Gasteiger partial charge on any atom is -0.479 e. The summed E-state index contributed by atoms with van der Waals surface area (Å²) in [6.45, 7) is 2.22. The van der Waals surface area contributed by atoms with Crippen LogP contribution in [0.4, 0.5) is 13.2 Å². The van der Waals surface area contributed by atoms with Crippen molar-refractivity contribution in [3.8, 4) is 5.88 Å². The molecule has 1 heterocycles. The molecule has 27 heavy (non-hydrogen) atoms. The molecule has 1 fully saturated rings. The zero-order chi connectivity index (χ0) is 19.6. The second-order valence-electron chi connectivity index (χ2n) is 7.07. The Labute approximate surface area is 155 Å². The Morgan fingerprint density at radius 3 is 2.67 bits per heavy atom. The second-order valence-corrected chi connectivity index (χ2v) is 7.07. The molecule has 0 spiro atoms. The van der Waals surface area contributed by atoms with Gasteiger partial charge < -0.3 is 10.1 Å². The highest BCUT2D eigenvalue weighted by Crippen LogP contribution is 2.47. The topological polar surface area (TPSA) is 64.1 Å². The number of halogens is 3. The van der Waals surface area contributed by atoms with Gasteiger partial charge in [-0.2, -0.15) is 9.37 Å². The Kier molecular flexibility index (Phi) is 5.34. The molecule has 1 aromatic heterocycles. The first-order chi connectivity index (χ1) is 12.8. The molecule has 1 saturated carbocycles. The van der Waals surface area contributed by atoms with Gasteiger partial charge in [0.25, 0.3) is 11.8 Å². The van der Waals surface area contributed by atoms with E-state index in [1.54, 1.807) is 0 Å².